The number of hydrogen-bond donors (Lipinski definition) is 2. The number of nitrogens with one attached hydrogen (secondary N) is 1. The molecule has 0 aliphatic carbocycles. The summed E-state index contributed by atoms with van der Waals surface area (Å²) < 4.78 is 30.6. The Bertz CT molecular complexity index is 1370. The van der Waals surface area contributed by atoms with E-state index in [0.717, 1.165) is 77.0 Å². The number of ether oxygens (including phenoxy) is 1. The molecule has 0 aliphatic rings. The molecule has 0 rings (SSSR count). The highest BCUT2D eigenvalue weighted by molar-refractivity contribution is 7.47. The van der Waals surface area contributed by atoms with Crippen molar-refractivity contribution in [2.24, 2.45) is 0 Å². The van der Waals surface area contributed by atoms with E-state index in [1.165, 1.54) is 135 Å². The highest BCUT2D eigenvalue weighted by atomic mass is 31.2. The van der Waals surface area contributed by atoms with Gasteiger partial charge >= 0.3 is 13.8 Å². The van der Waals surface area contributed by atoms with Crippen LogP contribution < -0.4 is 5.32 Å². The number of hydrogen-bond acceptors (Lipinski definition) is 6. The van der Waals surface area contributed by atoms with Gasteiger partial charge in [-0.25, -0.2) is 4.57 Å². The summed E-state index contributed by atoms with van der Waals surface area (Å²) in [5.41, 5.74) is 0. The first-order chi connectivity index (χ1) is 33.4. The Morgan fingerprint density at radius 2 is 0.942 bits per heavy atom. The molecule has 69 heavy (non-hydrogen) atoms. The van der Waals surface area contributed by atoms with Crippen LogP contribution in [0.2, 0.25) is 0 Å². The summed E-state index contributed by atoms with van der Waals surface area (Å²) in [4.78, 5) is 37.5. The maximum absolute atomic E-state index is 13.5. The van der Waals surface area contributed by atoms with E-state index < -0.39 is 20.0 Å². The van der Waals surface area contributed by atoms with Gasteiger partial charge in [-0.15, -0.1) is 0 Å². The van der Waals surface area contributed by atoms with Crippen molar-refractivity contribution in [3.8, 4) is 0 Å². The van der Waals surface area contributed by atoms with Gasteiger partial charge in [-0.2, -0.15) is 0 Å². The quantitative estimate of drug-likeness (QED) is 0.0156. The van der Waals surface area contributed by atoms with Crippen molar-refractivity contribution >= 4 is 19.7 Å². The number of quaternary nitrogens is 1. The molecule has 2 N–H and O–H groups in total. The van der Waals surface area contributed by atoms with Gasteiger partial charge in [-0.3, -0.25) is 18.6 Å². The monoisotopic (exact) mass is 990 g/mol. The van der Waals surface area contributed by atoms with Gasteiger partial charge in [-0.05, 0) is 76.7 Å². The van der Waals surface area contributed by atoms with Crippen molar-refractivity contribution < 1.29 is 37.3 Å². The highest BCUT2D eigenvalue weighted by Gasteiger charge is 2.30. The molecule has 0 heterocycles. The molecule has 3 unspecified atom stereocenters. The molecular weight excluding hydrogens is 880 g/mol. The second-order valence-corrected chi connectivity index (χ2v) is 21.9. The second kappa shape index (κ2) is 49.3. The Balaban J connectivity index is 5.29. The normalized spacial score (nSPS) is 14.2. The summed E-state index contributed by atoms with van der Waals surface area (Å²) in [5, 5.41) is 3.04. The number of rotatable bonds is 51. The van der Waals surface area contributed by atoms with Gasteiger partial charge in [0.2, 0.25) is 5.91 Å². The SMILES string of the molecule is CC/C=C/C=C/C=C\CCCCCCCC(=O)OC(/C=C\CCCCCCCCCCC)C(COP(=O)(O)OCC[N+](C)(C)C)NC(=O)CCCCCCCCCCC/C=C/CCCCCCCC. The van der Waals surface area contributed by atoms with Crippen molar-refractivity contribution in [3.05, 3.63) is 60.8 Å². The van der Waals surface area contributed by atoms with E-state index in [0.29, 0.717) is 23.9 Å². The van der Waals surface area contributed by atoms with Crippen LogP contribution in [0, 0.1) is 0 Å². The number of phosphoric ester groups is 1. The molecule has 0 saturated carbocycles. The summed E-state index contributed by atoms with van der Waals surface area (Å²) in [6.45, 7) is 6.85. The lowest BCUT2D eigenvalue weighted by Gasteiger charge is -2.27. The van der Waals surface area contributed by atoms with E-state index in [9.17, 15) is 19.0 Å². The predicted molar refractivity (Wildman–Crippen MR) is 295 cm³/mol. The Hall–Kier alpha value is -2.29. The summed E-state index contributed by atoms with van der Waals surface area (Å²) in [7, 11) is 1.48. The van der Waals surface area contributed by atoms with Crippen LogP contribution in [-0.2, 0) is 27.9 Å². The molecule has 0 aromatic carbocycles. The maximum atomic E-state index is 13.5. The van der Waals surface area contributed by atoms with Crippen molar-refractivity contribution in [2.45, 2.75) is 264 Å². The van der Waals surface area contributed by atoms with Gasteiger partial charge in [0.05, 0.1) is 33.8 Å². The third-order valence-corrected chi connectivity index (χ3v) is 13.5. The van der Waals surface area contributed by atoms with E-state index in [1.807, 2.05) is 33.3 Å². The Kier molecular flexibility index (Phi) is 47.7. The highest BCUT2D eigenvalue weighted by Crippen LogP contribution is 2.43. The van der Waals surface area contributed by atoms with Crippen LogP contribution in [0.3, 0.4) is 0 Å². The standard InChI is InChI=1S/C59H109N2O7P/c1-7-10-13-16-19-22-25-27-28-29-30-31-32-34-36-39-42-45-48-51-58(62)60-56(55-67-69(64,65)66-54-53-61(4,5)6)57(50-47-44-41-38-35-24-21-18-15-12-9-3)68-59(63)52-49-46-43-40-37-33-26-23-20-17-14-11-8-2/h11,14,17,20,23,26-28,47,50,56-57H,7-10,12-13,15-16,18-19,21-22,24-25,29-46,48-49,51-55H2,1-6H3,(H-,60,62,64,65)/p+1/b14-11+,20-17+,26-23-,28-27+,50-47-. The van der Waals surface area contributed by atoms with Gasteiger partial charge in [0.25, 0.3) is 0 Å². The first kappa shape index (κ1) is 66.7. The van der Waals surface area contributed by atoms with Crippen molar-refractivity contribution in [1.82, 2.24) is 5.32 Å². The van der Waals surface area contributed by atoms with Crippen molar-refractivity contribution in [2.75, 3.05) is 40.9 Å². The Morgan fingerprint density at radius 3 is 1.42 bits per heavy atom. The smallest absolute Gasteiger partial charge is 0.456 e. The molecular formula is C59H110N2O7P+. The predicted octanol–water partition coefficient (Wildman–Crippen LogP) is 17.1. The lowest BCUT2D eigenvalue weighted by atomic mass is 10.0. The minimum absolute atomic E-state index is 0.0351. The van der Waals surface area contributed by atoms with Gasteiger partial charge in [-0.1, -0.05) is 223 Å². The van der Waals surface area contributed by atoms with Crippen LogP contribution in [0.1, 0.15) is 252 Å². The minimum Gasteiger partial charge on any atom is -0.456 e. The van der Waals surface area contributed by atoms with E-state index in [2.05, 4.69) is 74.7 Å². The van der Waals surface area contributed by atoms with Crippen LogP contribution in [0.4, 0.5) is 0 Å². The first-order valence-corrected chi connectivity index (χ1v) is 30.1. The summed E-state index contributed by atoms with van der Waals surface area (Å²) in [6, 6.07) is -0.857. The van der Waals surface area contributed by atoms with Crippen LogP contribution in [-0.4, -0.2) is 74.3 Å². The number of carbonyl (C=O) groups is 2. The van der Waals surface area contributed by atoms with Crippen LogP contribution in [0.15, 0.2) is 60.8 Å². The molecule has 0 radical (unpaired) electrons. The van der Waals surface area contributed by atoms with Gasteiger partial charge < -0.3 is 19.4 Å². The zero-order valence-electron chi connectivity index (χ0n) is 45.8. The topological polar surface area (TPSA) is 111 Å². The number of unbranched alkanes of at least 4 members (excludes halogenated alkanes) is 29. The van der Waals surface area contributed by atoms with Gasteiger partial charge in [0, 0.05) is 12.8 Å². The maximum Gasteiger partial charge on any atom is 0.472 e. The fourth-order valence-corrected chi connectivity index (χ4v) is 8.79. The number of likely N-dealkylation sites (N-methyl/N-ethyl adjacent to an activating group) is 1. The van der Waals surface area contributed by atoms with Crippen molar-refractivity contribution in [1.29, 1.82) is 0 Å². The molecule has 402 valence electrons. The van der Waals surface area contributed by atoms with Crippen LogP contribution in [0.5, 0.6) is 0 Å². The number of esters is 1. The molecule has 1 amide bonds. The zero-order valence-corrected chi connectivity index (χ0v) is 46.7. The van der Waals surface area contributed by atoms with Crippen molar-refractivity contribution in [3.63, 3.8) is 0 Å². The largest absolute Gasteiger partial charge is 0.472 e. The Labute approximate surface area is 426 Å². The number of allylic oxidation sites excluding steroid dienone is 9. The lowest BCUT2D eigenvalue weighted by Crippen LogP contribution is -2.47. The minimum atomic E-state index is -4.45. The molecule has 0 fully saturated rings. The molecule has 0 aromatic rings. The molecule has 3 atom stereocenters. The molecule has 9 nitrogen and oxygen atoms in total. The van der Waals surface area contributed by atoms with Gasteiger partial charge in [0.15, 0.2) is 0 Å². The molecule has 0 aromatic heterocycles. The van der Waals surface area contributed by atoms with E-state index in [1.54, 1.807) is 0 Å². The van der Waals surface area contributed by atoms with Gasteiger partial charge in [0.1, 0.15) is 19.3 Å². The Morgan fingerprint density at radius 1 is 0.522 bits per heavy atom. The summed E-state index contributed by atoms with van der Waals surface area (Å²) in [6.07, 6.45) is 60.7. The van der Waals surface area contributed by atoms with Crippen LogP contribution in [0.25, 0.3) is 0 Å². The third kappa shape index (κ3) is 50.4. The third-order valence-electron chi connectivity index (χ3n) is 12.5. The summed E-state index contributed by atoms with van der Waals surface area (Å²) in [5.74, 6) is -0.531. The van der Waals surface area contributed by atoms with E-state index in [-0.39, 0.29) is 31.5 Å². The molecule has 0 bridgehead atoms. The number of amides is 1. The summed E-state index contributed by atoms with van der Waals surface area (Å²) >= 11 is 0. The van der Waals surface area contributed by atoms with E-state index >= 15 is 0 Å². The first-order valence-electron chi connectivity index (χ1n) is 28.6. The number of phosphoric acid groups is 1. The average Bonchev–Trinajstić information content (AvgIpc) is 3.31. The fourth-order valence-electron chi connectivity index (χ4n) is 8.05. The molecule has 0 aliphatic heterocycles. The number of nitrogens with zero attached hydrogens (tertiary/aromatic N) is 1. The second-order valence-electron chi connectivity index (χ2n) is 20.5. The van der Waals surface area contributed by atoms with Crippen LogP contribution >= 0.6 is 7.82 Å². The molecule has 0 saturated heterocycles. The molecule has 10 heteroatoms. The molecule has 0 spiro atoms. The number of carbonyl (C=O) groups excluding carboxylic acids is 2. The average molecular weight is 991 g/mol. The zero-order chi connectivity index (χ0) is 50.8. The fraction of sp³-hybridized carbons (Fsp3) is 0.797. The van der Waals surface area contributed by atoms with E-state index in [4.69, 9.17) is 13.8 Å². The lowest BCUT2D eigenvalue weighted by molar-refractivity contribution is -0.870.